The number of halogens is 3. The number of piperazine rings is 1. The summed E-state index contributed by atoms with van der Waals surface area (Å²) in [5, 5.41) is 0. The van der Waals surface area contributed by atoms with E-state index in [4.69, 9.17) is 0 Å². The summed E-state index contributed by atoms with van der Waals surface area (Å²) in [7, 11) is -3.71. The van der Waals surface area contributed by atoms with Crippen LogP contribution in [0.3, 0.4) is 0 Å². The van der Waals surface area contributed by atoms with E-state index >= 15 is 0 Å². The molecule has 1 aliphatic rings. The second kappa shape index (κ2) is 7.79. The summed E-state index contributed by atoms with van der Waals surface area (Å²) in [4.78, 5) is 14.2. The van der Waals surface area contributed by atoms with Gasteiger partial charge in [0.1, 0.15) is 0 Å². The van der Waals surface area contributed by atoms with Gasteiger partial charge in [0.15, 0.2) is 0 Å². The average Bonchev–Trinajstić information content (AvgIpc) is 2.68. The van der Waals surface area contributed by atoms with Crippen LogP contribution in [0, 0.1) is 13.8 Å². The fourth-order valence-electron chi connectivity index (χ4n) is 3.27. The molecule has 0 saturated carbocycles. The second-order valence-corrected chi connectivity index (χ2v) is 8.95. The molecule has 1 aliphatic heterocycles. The smallest absolute Gasteiger partial charge is 0.336 e. The first kappa shape index (κ1) is 21.3. The van der Waals surface area contributed by atoms with Crippen LogP contribution in [0.25, 0.3) is 0 Å². The lowest BCUT2D eigenvalue weighted by Crippen LogP contribution is -2.50. The number of rotatable bonds is 3. The van der Waals surface area contributed by atoms with Crippen molar-refractivity contribution in [3.8, 4) is 0 Å². The summed E-state index contributed by atoms with van der Waals surface area (Å²) < 4.78 is 65.9. The Morgan fingerprint density at radius 3 is 2.24 bits per heavy atom. The van der Waals surface area contributed by atoms with Crippen LogP contribution in [0.1, 0.15) is 27.0 Å². The lowest BCUT2D eigenvalue weighted by Gasteiger charge is -2.34. The normalized spacial score (nSPS) is 16.1. The summed E-state index contributed by atoms with van der Waals surface area (Å²) in [5.41, 5.74) is 0.510. The first-order chi connectivity index (χ1) is 13.5. The number of amides is 1. The molecule has 156 valence electrons. The predicted octanol–water partition coefficient (Wildman–Crippen LogP) is 3.47. The topological polar surface area (TPSA) is 57.7 Å². The number of aryl methyl sites for hydroxylation is 2. The van der Waals surface area contributed by atoms with E-state index in [0.717, 1.165) is 17.7 Å². The number of benzene rings is 2. The summed E-state index contributed by atoms with van der Waals surface area (Å²) >= 11 is 0. The number of carbonyl (C=O) groups is 1. The van der Waals surface area contributed by atoms with Crippen molar-refractivity contribution in [1.82, 2.24) is 9.21 Å². The van der Waals surface area contributed by atoms with Crippen LogP contribution >= 0.6 is 0 Å². The van der Waals surface area contributed by atoms with Crippen molar-refractivity contribution in [3.05, 3.63) is 64.7 Å². The van der Waals surface area contributed by atoms with Gasteiger partial charge in [0.25, 0.3) is 5.91 Å². The highest BCUT2D eigenvalue weighted by Gasteiger charge is 2.33. The maximum atomic E-state index is 13.0. The van der Waals surface area contributed by atoms with E-state index in [1.807, 2.05) is 13.0 Å². The van der Waals surface area contributed by atoms with E-state index in [-0.39, 0.29) is 36.6 Å². The lowest BCUT2D eigenvalue weighted by atomic mass is 10.1. The Morgan fingerprint density at radius 1 is 0.966 bits per heavy atom. The van der Waals surface area contributed by atoms with Gasteiger partial charge in [-0.25, -0.2) is 8.42 Å². The fraction of sp³-hybridized carbons (Fsp3) is 0.350. The minimum atomic E-state index is -4.53. The van der Waals surface area contributed by atoms with Crippen molar-refractivity contribution in [1.29, 1.82) is 0 Å². The van der Waals surface area contributed by atoms with E-state index in [2.05, 4.69) is 0 Å². The van der Waals surface area contributed by atoms with Crippen LogP contribution < -0.4 is 0 Å². The van der Waals surface area contributed by atoms with Gasteiger partial charge in [0.05, 0.1) is 10.5 Å². The lowest BCUT2D eigenvalue weighted by molar-refractivity contribution is -0.137. The predicted molar refractivity (Wildman–Crippen MR) is 102 cm³/mol. The SMILES string of the molecule is Cc1ccc(C)c(S(=O)(=O)N2CCN(C(=O)c3cccc(C(F)(F)F)c3)CC2)c1. The van der Waals surface area contributed by atoms with E-state index in [1.54, 1.807) is 19.1 Å². The van der Waals surface area contributed by atoms with Crippen molar-refractivity contribution in [2.45, 2.75) is 24.9 Å². The summed E-state index contributed by atoms with van der Waals surface area (Å²) in [6, 6.07) is 9.45. The van der Waals surface area contributed by atoms with Gasteiger partial charge < -0.3 is 4.90 Å². The Kier molecular flexibility index (Phi) is 5.73. The number of nitrogens with zero attached hydrogens (tertiary/aromatic N) is 2. The Balaban J connectivity index is 1.74. The highest BCUT2D eigenvalue weighted by Crippen LogP contribution is 2.30. The molecule has 0 unspecified atom stereocenters. The van der Waals surface area contributed by atoms with Gasteiger partial charge in [0.2, 0.25) is 10.0 Å². The van der Waals surface area contributed by atoms with Crippen LogP contribution in [0.2, 0.25) is 0 Å². The molecule has 29 heavy (non-hydrogen) atoms. The van der Waals surface area contributed by atoms with Crippen LogP contribution in [0.4, 0.5) is 13.2 Å². The third-order valence-corrected chi connectivity index (χ3v) is 6.96. The highest BCUT2D eigenvalue weighted by molar-refractivity contribution is 7.89. The molecule has 0 aromatic heterocycles. The van der Waals surface area contributed by atoms with Crippen molar-refractivity contribution in [2.24, 2.45) is 0 Å². The van der Waals surface area contributed by atoms with E-state index in [9.17, 15) is 26.4 Å². The van der Waals surface area contributed by atoms with E-state index in [1.165, 1.54) is 21.3 Å². The summed E-state index contributed by atoms with van der Waals surface area (Å²) in [6.45, 7) is 3.92. The van der Waals surface area contributed by atoms with E-state index < -0.39 is 27.7 Å². The van der Waals surface area contributed by atoms with Crippen LogP contribution in [-0.4, -0.2) is 49.7 Å². The molecule has 9 heteroatoms. The quantitative estimate of drug-likeness (QED) is 0.755. The van der Waals surface area contributed by atoms with Gasteiger partial charge in [-0.2, -0.15) is 17.5 Å². The van der Waals surface area contributed by atoms with Gasteiger partial charge in [-0.3, -0.25) is 4.79 Å². The number of sulfonamides is 1. The molecule has 0 bridgehead atoms. The summed E-state index contributed by atoms with van der Waals surface area (Å²) in [6.07, 6.45) is -4.53. The van der Waals surface area contributed by atoms with E-state index in [0.29, 0.717) is 5.56 Å². The van der Waals surface area contributed by atoms with Crippen LogP contribution in [-0.2, 0) is 16.2 Å². The first-order valence-corrected chi connectivity index (χ1v) is 10.5. The Bertz CT molecular complexity index is 1030. The Morgan fingerprint density at radius 2 is 1.62 bits per heavy atom. The molecule has 0 radical (unpaired) electrons. The van der Waals surface area contributed by atoms with Crippen molar-refractivity contribution in [2.75, 3.05) is 26.2 Å². The second-order valence-electron chi connectivity index (χ2n) is 7.04. The standard InChI is InChI=1S/C20H21F3N2O3S/c1-14-6-7-15(2)18(12-14)29(27,28)25-10-8-24(9-11-25)19(26)16-4-3-5-17(13-16)20(21,22)23/h3-7,12-13H,8-11H2,1-2H3. The zero-order chi connectivity index (χ0) is 21.4. The molecule has 1 amide bonds. The molecule has 3 rings (SSSR count). The molecule has 1 fully saturated rings. The fourth-order valence-corrected chi connectivity index (χ4v) is 5.00. The van der Waals surface area contributed by atoms with Crippen molar-refractivity contribution < 1.29 is 26.4 Å². The molecule has 0 aliphatic carbocycles. The largest absolute Gasteiger partial charge is 0.416 e. The van der Waals surface area contributed by atoms with Gasteiger partial charge in [-0.15, -0.1) is 0 Å². The van der Waals surface area contributed by atoms with Crippen molar-refractivity contribution in [3.63, 3.8) is 0 Å². The average molecular weight is 426 g/mol. The minimum absolute atomic E-state index is 0.0642. The minimum Gasteiger partial charge on any atom is -0.336 e. The third kappa shape index (κ3) is 4.45. The zero-order valence-electron chi connectivity index (χ0n) is 16.0. The molecule has 1 heterocycles. The monoisotopic (exact) mass is 426 g/mol. The molecular formula is C20H21F3N2O3S. The summed E-state index contributed by atoms with van der Waals surface area (Å²) in [5.74, 6) is -0.542. The van der Waals surface area contributed by atoms with Crippen LogP contribution in [0.15, 0.2) is 47.4 Å². The molecule has 1 saturated heterocycles. The zero-order valence-corrected chi connectivity index (χ0v) is 16.8. The molecule has 0 N–H and O–H groups in total. The Labute approximate surface area is 167 Å². The number of alkyl halides is 3. The molecule has 2 aromatic rings. The maximum absolute atomic E-state index is 13.0. The molecule has 5 nitrogen and oxygen atoms in total. The van der Waals surface area contributed by atoms with Gasteiger partial charge in [0, 0.05) is 31.7 Å². The number of hydrogen-bond donors (Lipinski definition) is 0. The number of carbonyl (C=O) groups excluding carboxylic acids is 1. The third-order valence-electron chi connectivity index (χ3n) is 4.92. The maximum Gasteiger partial charge on any atom is 0.416 e. The Hall–Kier alpha value is -2.39. The van der Waals surface area contributed by atoms with Crippen molar-refractivity contribution >= 4 is 15.9 Å². The van der Waals surface area contributed by atoms with Crippen LogP contribution in [0.5, 0.6) is 0 Å². The molecular weight excluding hydrogens is 405 g/mol. The van der Waals surface area contributed by atoms with Gasteiger partial charge in [-0.1, -0.05) is 18.2 Å². The van der Waals surface area contributed by atoms with Gasteiger partial charge in [-0.05, 0) is 49.2 Å². The first-order valence-electron chi connectivity index (χ1n) is 9.04. The number of hydrogen-bond acceptors (Lipinski definition) is 3. The molecule has 2 aromatic carbocycles. The molecule has 0 atom stereocenters. The molecule has 0 spiro atoms. The van der Waals surface area contributed by atoms with Gasteiger partial charge >= 0.3 is 6.18 Å². The highest BCUT2D eigenvalue weighted by atomic mass is 32.2.